The minimum atomic E-state index is -1.07. The van der Waals surface area contributed by atoms with Crippen molar-refractivity contribution in [2.75, 3.05) is 0 Å². The second-order valence-corrected chi connectivity index (χ2v) is 5.10. The number of carbonyl (C=O) groups is 1. The van der Waals surface area contributed by atoms with E-state index in [1.807, 2.05) is 0 Å². The van der Waals surface area contributed by atoms with Crippen molar-refractivity contribution >= 4 is 16.7 Å². The van der Waals surface area contributed by atoms with Crippen LogP contribution in [0.25, 0.3) is 10.8 Å². The number of halogens is 2. The smallest absolute Gasteiger partial charge is 0.335 e. The Kier molecular flexibility index (Phi) is 3.65. The maximum atomic E-state index is 13.7. The molecule has 116 valence electrons. The van der Waals surface area contributed by atoms with Crippen LogP contribution < -0.4 is 5.56 Å². The van der Waals surface area contributed by atoms with Crippen LogP contribution in [0.4, 0.5) is 8.78 Å². The van der Waals surface area contributed by atoms with Crippen LogP contribution in [-0.2, 0) is 6.54 Å². The molecule has 0 radical (unpaired) electrons. The summed E-state index contributed by atoms with van der Waals surface area (Å²) in [5, 5.41) is 8.97. The second-order valence-electron chi connectivity index (χ2n) is 5.10. The van der Waals surface area contributed by atoms with E-state index in [9.17, 15) is 18.4 Å². The lowest BCUT2D eigenvalue weighted by Crippen LogP contribution is -2.20. The molecule has 0 aliphatic rings. The quantitative estimate of drug-likeness (QED) is 0.808. The highest BCUT2D eigenvalue weighted by Crippen LogP contribution is 2.16. The van der Waals surface area contributed by atoms with Crippen LogP contribution in [0.5, 0.6) is 0 Å². The molecule has 1 heterocycles. The maximum Gasteiger partial charge on any atom is 0.335 e. The van der Waals surface area contributed by atoms with E-state index in [1.54, 1.807) is 12.1 Å². The topological polar surface area (TPSA) is 59.3 Å². The molecule has 0 aliphatic heterocycles. The molecule has 0 saturated heterocycles. The van der Waals surface area contributed by atoms with Gasteiger partial charge in [-0.15, -0.1) is 0 Å². The maximum absolute atomic E-state index is 13.7. The molecule has 6 heteroatoms. The molecule has 1 N–H and O–H groups in total. The molecule has 0 amide bonds. The summed E-state index contributed by atoms with van der Waals surface area (Å²) in [6, 6.07) is 9.25. The SMILES string of the molecule is O=C(O)c1cccc(Cn2ccc3c(F)cc(F)cc3c2=O)c1. The van der Waals surface area contributed by atoms with Crippen LogP contribution in [0.2, 0.25) is 0 Å². The molecule has 2 aromatic carbocycles. The van der Waals surface area contributed by atoms with Gasteiger partial charge in [-0.05, 0) is 29.8 Å². The summed E-state index contributed by atoms with van der Waals surface area (Å²) in [6.45, 7) is 0.105. The van der Waals surface area contributed by atoms with Crippen LogP contribution in [-0.4, -0.2) is 15.6 Å². The highest BCUT2D eigenvalue weighted by atomic mass is 19.1. The first kappa shape index (κ1) is 14.9. The first-order valence-electron chi connectivity index (χ1n) is 6.76. The summed E-state index contributed by atoms with van der Waals surface area (Å²) < 4.78 is 28.3. The molecule has 4 nitrogen and oxygen atoms in total. The molecule has 0 saturated carbocycles. The van der Waals surface area contributed by atoms with Crippen LogP contribution in [0.15, 0.2) is 53.5 Å². The van der Waals surface area contributed by atoms with Gasteiger partial charge in [-0.25, -0.2) is 13.6 Å². The molecule has 0 bridgehead atoms. The van der Waals surface area contributed by atoms with E-state index in [4.69, 9.17) is 5.11 Å². The number of nitrogens with zero attached hydrogens (tertiary/aromatic N) is 1. The Morgan fingerprint density at radius 3 is 2.61 bits per heavy atom. The van der Waals surface area contributed by atoms with Gasteiger partial charge in [0.25, 0.3) is 5.56 Å². The van der Waals surface area contributed by atoms with Gasteiger partial charge in [-0.2, -0.15) is 0 Å². The minimum Gasteiger partial charge on any atom is -0.478 e. The average molecular weight is 315 g/mol. The Morgan fingerprint density at radius 2 is 1.87 bits per heavy atom. The summed E-state index contributed by atoms with van der Waals surface area (Å²) in [7, 11) is 0. The lowest BCUT2D eigenvalue weighted by molar-refractivity contribution is 0.0696. The van der Waals surface area contributed by atoms with Crippen molar-refractivity contribution in [3.05, 3.63) is 81.8 Å². The Hall–Kier alpha value is -3.02. The lowest BCUT2D eigenvalue weighted by atomic mass is 10.1. The Labute approximate surface area is 129 Å². The molecule has 1 aromatic heterocycles. The number of carboxylic acid groups (broad SMARTS) is 1. The number of aromatic nitrogens is 1. The molecular weight excluding hydrogens is 304 g/mol. The number of rotatable bonds is 3. The van der Waals surface area contributed by atoms with Gasteiger partial charge in [0, 0.05) is 17.6 Å². The van der Waals surface area contributed by atoms with E-state index in [0.29, 0.717) is 5.56 Å². The number of pyridine rings is 1. The van der Waals surface area contributed by atoms with Crippen molar-refractivity contribution in [1.29, 1.82) is 0 Å². The highest BCUT2D eigenvalue weighted by Gasteiger charge is 2.10. The molecule has 0 atom stereocenters. The third kappa shape index (κ3) is 2.83. The van der Waals surface area contributed by atoms with Gasteiger partial charge < -0.3 is 9.67 Å². The zero-order chi connectivity index (χ0) is 16.6. The summed E-state index contributed by atoms with van der Waals surface area (Å²) in [6.07, 6.45) is 1.40. The van der Waals surface area contributed by atoms with Gasteiger partial charge in [0.05, 0.1) is 17.5 Å². The predicted octanol–water partition coefficient (Wildman–Crippen LogP) is 3.03. The molecule has 3 aromatic rings. The molecule has 0 aliphatic carbocycles. The number of hydrogen-bond donors (Lipinski definition) is 1. The van der Waals surface area contributed by atoms with Gasteiger partial charge in [-0.3, -0.25) is 4.79 Å². The summed E-state index contributed by atoms with van der Waals surface area (Å²) >= 11 is 0. The first-order valence-corrected chi connectivity index (χ1v) is 6.76. The number of benzene rings is 2. The average Bonchev–Trinajstić information content (AvgIpc) is 2.51. The van der Waals surface area contributed by atoms with Crippen molar-refractivity contribution in [3.63, 3.8) is 0 Å². The summed E-state index contributed by atoms with van der Waals surface area (Å²) in [5.74, 6) is -2.68. The second kappa shape index (κ2) is 5.64. The van der Waals surface area contributed by atoms with E-state index >= 15 is 0 Å². The molecule has 0 spiro atoms. The number of hydrogen-bond acceptors (Lipinski definition) is 2. The van der Waals surface area contributed by atoms with Crippen LogP contribution in [0, 0.1) is 11.6 Å². The van der Waals surface area contributed by atoms with E-state index in [-0.39, 0.29) is 22.9 Å². The Balaban J connectivity index is 2.08. The lowest BCUT2D eigenvalue weighted by Gasteiger charge is -2.09. The van der Waals surface area contributed by atoms with E-state index in [2.05, 4.69) is 0 Å². The molecule has 3 rings (SSSR count). The normalized spacial score (nSPS) is 10.9. The predicted molar refractivity (Wildman–Crippen MR) is 80.6 cm³/mol. The largest absolute Gasteiger partial charge is 0.478 e. The number of aromatic carboxylic acids is 1. The molecule has 0 unspecified atom stereocenters. The fourth-order valence-electron chi connectivity index (χ4n) is 2.44. The monoisotopic (exact) mass is 315 g/mol. The van der Waals surface area contributed by atoms with Gasteiger partial charge >= 0.3 is 5.97 Å². The zero-order valence-corrected chi connectivity index (χ0v) is 11.8. The van der Waals surface area contributed by atoms with E-state index < -0.39 is 23.2 Å². The van der Waals surface area contributed by atoms with E-state index in [0.717, 1.165) is 12.1 Å². The van der Waals surface area contributed by atoms with Crippen LogP contribution >= 0.6 is 0 Å². The Bertz CT molecular complexity index is 979. The Morgan fingerprint density at radius 1 is 1.09 bits per heavy atom. The first-order chi connectivity index (χ1) is 11.0. The van der Waals surface area contributed by atoms with Crippen LogP contribution in [0.3, 0.4) is 0 Å². The van der Waals surface area contributed by atoms with Gasteiger partial charge in [0.15, 0.2) is 0 Å². The van der Waals surface area contributed by atoms with Gasteiger partial charge in [-0.1, -0.05) is 12.1 Å². The van der Waals surface area contributed by atoms with E-state index in [1.165, 1.54) is 29.0 Å². The fraction of sp³-hybridized carbons (Fsp3) is 0.0588. The number of carboxylic acids is 1. The standard InChI is InChI=1S/C17H11F2NO3/c18-12-7-14-13(15(19)8-12)4-5-20(16(14)21)9-10-2-1-3-11(6-10)17(22)23/h1-8H,9H2,(H,22,23). The molecule has 0 fully saturated rings. The third-order valence-electron chi connectivity index (χ3n) is 3.53. The van der Waals surface area contributed by atoms with Gasteiger partial charge in [0.1, 0.15) is 11.6 Å². The summed E-state index contributed by atoms with van der Waals surface area (Å²) in [5.41, 5.74) is 0.165. The minimum absolute atomic E-state index is 0.0481. The molecular formula is C17H11F2NO3. The van der Waals surface area contributed by atoms with Crippen molar-refractivity contribution in [2.45, 2.75) is 6.54 Å². The third-order valence-corrected chi connectivity index (χ3v) is 3.53. The van der Waals surface area contributed by atoms with Crippen LogP contribution in [0.1, 0.15) is 15.9 Å². The summed E-state index contributed by atoms with van der Waals surface area (Å²) in [4.78, 5) is 23.3. The van der Waals surface area contributed by atoms with Crippen molar-refractivity contribution in [2.24, 2.45) is 0 Å². The van der Waals surface area contributed by atoms with Crippen molar-refractivity contribution < 1.29 is 18.7 Å². The van der Waals surface area contributed by atoms with Gasteiger partial charge in [0.2, 0.25) is 0 Å². The van der Waals surface area contributed by atoms with Crippen molar-refractivity contribution in [3.8, 4) is 0 Å². The number of fused-ring (bicyclic) bond motifs is 1. The highest BCUT2D eigenvalue weighted by molar-refractivity contribution is 5.87. The fourth-order valence-corrected chi connectivity index (χ4v) is 2.44. The zero-order valence-electron chi connectivity index (χ0n) is 11.8. The van der Waals surface area contributed by atoms with Crippen molar-refractivity contribution in [1.82, 2.24) is 4.57 Å². The molecule has 23 heavy (non-hydrogen) atoms.